The van der Waals surface area contributed by atoms with Crippen molar-refractivity contribution in [2.45, 2.75) is 44.6 Å². The van der Waals surface area contributed by atoms with Crippen LogP contribution in [-0.2, 0) is 27.8 Å². The van der Waals surface area contributed by atoms with E-state index < -0.39 is 10.0 Å². The number of ether oxygens (including phenoxy) is 1. The van der Waals surface area contributed by atoms with Gasteiger partial charge in [0, 0.05) is 23.8 Å². The third-order valence-corrected chi connectivity index (χ3v) is 7.84. The smallest absolute Gasteiger partial charge is 0.243 e. The molecule has 152 valence electrons. The molecule has 0 saturated carbocycles. The topological polar surface area (TPSA) is 88.6 Å². The van der Waals surface area contributed by atoms with E-state index >= 15 is 0 Å². The lowest BCUT2D eigenvalue weighted by molar-refractivity contribution is -0.120. The summed E-state index contributed by atoms with van der Waals surface area (Å²) in [7, 11) is -2.05. The lowest BCUT2D eigenvalue weighted by Crippen LogP contribution is -2.35. The van der Waals surface area contributed by atoms with E-state index in [1.54, 1.807) is 31.4 Å². The maximum Gasteiger partial charge on any atom is 0.243 e. The summed E-state index contributed by atoms with van der Waals surface area (Å²) >= 11 is 1.35. The number of fused-ring (bicyclic) bond motifs is 1. The summed E-state index contributed by atoms with van der Waals surface area (Å²) in [5.74, 6) is 0.548. The molecule has 1 aliphatic rings. The molecule has 1 amide bonds. The molecule has 1 aromatic heterocycles. The minimum atomic E-state index is -3.60. The molecule has 2 aromatic rings. The Morgan fingerprint density at radius 3 is 2.57 bits per heavy atom. The van der Waals surface area contributed by atoms with Crippen LogP contribution in [0.4, 0.5) is 5.13 Å². The van der Waals surface area contributed by atoms with E-state index in [4.69, 9.17) is 4.74 Å². The van der Waals surface area contributed by atoms with Crippen molar-refractivity contribution in [1.82, 2.24) is 9.29 Å². The predicted octanol–water partition coefficient (Wildman–Crippen LogP) is 3.27. The molecule has 3 rings (SSSR count). The summed E-state index contributed by atoms with van der Waals surface area (Å²) in [6, 6.07) is 6.39. The third kappa shape index (κ3) is 4.21. The van der Waals surface area contributed by atoms with E-state index in [9.17, 15) is 13.2 Å². The summed E-state index contributed by atoms with van der Waals surface area (Å²) < 4.78 is 32.4. The number of aromatic nitrogens is 1. The lowest BCUT2D eigenvalue weighted by Gasteiger charge is -2.25. The molecular formula is C19H25N3O4S2. The minimum absolute atomic E-state index is 0.0289. The first-order chi connectivity index (χ1) is 13.4. The van der Waals surface area contributed by atoms with Gasteiger partial charge in [-0.2, -0.15) is 4.31 Å². The maximum absolute atomic E-state index is 12.9. The number of methoxy groups -OCH3 is 1. The van der Waals surface area contributed by atoms with Crippen molar-refractivity contribution in [3.05, 3.63) is 34.8 Å². The van der Waals surface area contributed by atoms with Gasteiger partial charge in [-0.25, -0.2) is 13.4 Å². The van der Waals surface area contributed by atoms with Gasteiger partial charge in [0.1, 0.15) is 5.75 Å². The van der Waals surface area contributed by atoms with Crippen molar-refractivity contribution >= 4 is 32.4 Å². The first kappa shape index (κ1) is 20.8. The second-order valence-corrected chi connectivity index (χ2v) is 9.68. The Morgan fingerprint density at radius 1 is 1.29 bits per heavy atom. The van der Waals surface area contributed by atoms with Crippen LogP contribution >= 0.6 is 11.3 Å². The average Bonchev–Trinajstić information content (AvgIpc) is 3.10. The van der Waals surface area contributed by atoms with Gasteiger partial charge in [0.05, 0.1) is 24.2 Å². The van der Waals surface area contributed by atoms with E-state index in [0.29, 0.717) is 23.8 Å². The van der Waals surface area contributed by atoms with Gasteiger partial charge in [-0.15, -0.1) is 11.3 Å². The highest BCUT2D eigenvalue weighted by molar-refractivity contribution is 7.89. The van der Waals surface area contributed by atoms with Crippen LogP contribution in [0.25, 0.3) is 0 Å². The van der Waals surface area contributed by atoms with Crippen LogP contribution < -0.4 is 10.1 Å². The van der Waals surface area contributed by atoms with E-state index in [-0.39, 0.29) is 23.3 Å². The number of hydrogen-bond donors (Lipinski definition) is 1. The number of sulfonamides is 1. The van der Waals surface area contributed by atoms with Crippen molar-refractivity contribution in [2.75, 3.05) is 19.0 Å². The third-order valence-electron chi connectivity index (χ3n) is 4.98. The molecular weight excluding hydrogens is 398 g/mol. The van der Waals surface area contributed by atoms with Crippen molar-refractivity contribution in [3.63, 3.8) is 0 Å². The summed E-state index contributed by atoms with van der Waals surface area (Å²) in [5, 5.41) is 3.43. The predicted molar refractivity (Wildman–Crippen MR) is 109 cm³/mol. The standard InChI is InChI=1S/C19H25N3O4S2/c1-4-13(5-2)18(23)21-19-20-16-10-11-22(12-17(16)27-19)28(24,25)15-8-6-14(26-3)7-9-15/h6-9,13H,4-5,10-12H2,1-3H3,(H,20,21,23). The number of carbonyl (C=O) groups is 1. The van der Waals surface area contributed by atoms with Crippen molar-refractivity contribution in [3.8, 4) is 5.75 Å². The summed E-state index contributed by atoms with van der Waals surface area (Å²) in [5.41, 5.74) is 0.867. The van der Waals surface area contributed by atoms with Gasteiger partial charge in [0.25, 0.3) is 0 Å². The molecule has 0 aliphatic carbocycles. The van der Waals surface area contributed by atoms with Gasteiger partial charge >= 0.3 is 0 Å². The zero-order chi connectivity index (χ0) is 20.3. The monoisotopic (exact) mass is 423 g/mol. The SMILES string of the molecule is CCC(CC)C(=O)Nc1nc2c(s1)CN(S(=O)(=O)c1ccc(OC)cc1)CC2. The van der Waals surface area contributed by atoms with Crippen LogP contribution in [0.1, 0.15) is 37.3 Å². The Hall–Kier alpha value is -1.97. The van der Waals surface area contributed by atoms with Crippen LogP contribution in [0, 0.1) is 5.92 Å². The minimum Gasteiger partial charge on any atom is -0.497 e. The number of hydrogen-bond acceptors (Lipinski definition) is 6. The van der Waals surface area contributed by atoms with E-state index in [1.165, 1.54) is 15.6 Å². The molecule has 7 nitrogen and oxygen atoms in total. The second kappa shape index (κ2) is 8.59. The first-order valence-electron chi connectivity index (χ1n) is 9.32. The fourth-order valence-electron chi connectivity index (χ4n) is 3.19. The molecule has 0 unspecified atom stereocenters. The van der Waals surface area contributed by atoms with Gasteiger partial charge in [0.2, 0.25) is 15.9 Å². The fraction of sp³-hybridized carbons (Fsp3) is 0.474. The Balaban J connectivity index is 1.75. The fourth-order valence-corrected chi connectivity index (χ4v) is 5.71. The molecule has 0 atom stereocenters. The number of thiazole rings is 1. The lowest BCUT2D eigenvalue weighted by atomic mass is 10.0. The number of benzene rings is 1. The van der Waals surface area contributed by atoms with Gasteiger partial charge in [-0.1, -0.05) is 13.8 Å². The van der Waals surface area contributed by atoms with Crippen molar-refractivity contribution in [1.29, 1.82) is 0 Å². The summed E-state index contributed by atoms with van der Waals surface area (Å²) in [4.78, 5) is 17.9. The normalized spacial score (nSPS) is 14.7. The number of nitrogens with zero attached hydrogens (tertiary/aromatic N) is 2. The zero-order valence-electron chi connectivity index (χ0n) is 16.3. The molecule has 2 heterocycles. The number of amides is 1. The highest BCUT2D eigenvalue weighted by atomic mass is 32.2. The van der Waals surface area contributed by atoms with Gasteiger partial charge in [0.15, 0.2) is 5.13 Å². The van der Waals surface area contributed by atoms with Gasteiger partial charge in [-0.3, -0.25) is 4.79 Å². The van der Waals surface area contributed by atoms with E-state index in [0.717, 1.165) is 23.4 Å². The number of rotatable bonds is 7. The average molecular weight is 424 g/mol. The Kier molecular flexibility index (Phi) is 6.36. The van der Waals surface area contributed by atoms with Gasteiger partial charge in [-0.05, 0) is 37.1 Å². The van der Waals surface area contributed by atoms with Crippen LogP contribution in [0.3, 0.4) is 0 Å². The molecule has 9 heteroatoms. The number of carbonyl (C=O) groups excluding carboxylic acids is 1. The highest BCUT2D eigenvalue weighted by Crippen LogP contribution is 2.31. The molecule has 1 N–H and O–H groups in total. The molecule has 1 aromatic carbocycles. The van der Waals surface area contributed by atoms with Crippen LogP contribution in [0.2, 0.25) is 0 Å². The molecule has 0 spiro atoms. The Morgan fingerprint density at radius 2 is 1.96 bits per heavy atom. The Labute approximate surface area is 169 Å². The van der Waals surface area contributed by atoms with Crippen LogP contribution in [0.15, 0.2) is 29.2 Å². The quantitative estimate of drug-likeness (QED) is 0.738. The summed E-state index contributed by atoms with van der Waals surface area (Å²) in [6.07, 6.45) is 2.09. The molecule has 0 saturated heterocycles. The van der Waals surface area contributed by atoms with Crippen molar-refractivity contribution < 1.29 is 17.9 Å². The van der Waals surface area contributed by atoms with Crippen LogP contribution in [-0.4, -0.2) is 37.3 Å². The zero-order valence-corrected chi connectivity index (χ0v) is 17.9. The molecule has 0 radical (unpaired) electrons. The molecule has 1 aliphatic heterocycles. The Bertz CT molecular complexity index is 935. The number of nitrogens with one attached hydrogen (secondary N) is 1. The first-order valence-corrected chi connectivity index (χ1v) is 11.6. The molecule has 28 heavy (non-hydrogen) atoms. The second-order valence-electron chi connectivity index (χ2n) is 6.66. The van der Waals surface area contributed by atoms with Crippen molar-refractivity contribution in [2.24, 2.45) is 5.92 Å². The van der Waals surface area contributed by atoms with E-state index in [2.05, 4.69) is 10.3 Å². The largest absolute Gasteiger partial charge is 0.497 e. The van der Waals surface area contributed by atoms with Crippen LogP contribution in [0.5, 0.6) is 5.75 Å². The molecule has 0 bridgehead atoms. The maximum atomic E-state index is 12.9. The summed E-state index contributed by atoms with van der Waals surface area (Å²) in [6.45, 7) is 4.61. The number of anilines is 1. The van der Waals surface area contributed by atoms with E-state index in [1.807, 2.05) is 13.8 Å². The van der Waals surface area contributed by atoms with Gasteiger partial charge < -0.3 is 10.1 Å². The highest BCUT2D eigenvalue weighted by Gasteiger charge is 2.30. The molecule has 0 fully saturated rings.